The molecular formula is C17H19N3O3. The zero-order chi connectivity index (χ0) is 16.8. The van der Waals surface area contributed by atoms with E-state index >= 15 is 0 Å². The zero-order valence-electron chi connectivity index (χ0n) is 13.3. The summed E-state index contributed by atoms with van der Waals surface area (Å²) in [7, 11) is 3.04. The monoisotopic (exact) mass is 313 g/mol. The molecule has 0 atom stereocenters. The van der Waals surface area contributed by atoms with Gasteiger partial charge < -0.3 is 15.2 Å². The minimum atomic E-state index is -0.362. The molecular weight excluding hydrogens is 294 g/mol. The van der Waals surface area contributed by atoms with Crippen molar-refractivity contribution in [2.75, 3.05) is 20.0 Å². The van der Waals surface area contributed by atoms with Crippen LogP contribution in [-0.2, 0) is 0 Å². The van der Waals surface area contributed by atoms with E-state index in [-0.39, 0.29) is 5.91 Å². The molecule has 0 radical (unpaired) electrons. The number of hydrogen-bond donors (Lipinski definition) is 2. The summed E-state index contributed by atoms with van der Waals surface area (Å²) in [5.74, 6) is 0.668. The van der Waals surface area contributed by atoms with Gasteiger partial charge in [0.2, 0.25) is 0 Å². The second-order valence-electron chi connectivity index (χ2n) is 4.83. The average Bonchev–Trinajstić information content (AvgIpc) is 2.59. The van der Waals surface area contributed by atoms with E-state index in [0.717, 1.165) is 5.56 Å². The van der Waals surface area contributed by atoms with Crippen molar-refractivity contribution in [3.05, 3.63) is 53.6 Å². The number of hydrogen-bond acceptors (Lipinski definition) is 5. The van der Waals surface area contributed by atoms with Gasteiger partial charge in [-0.1, -0.05) is 12.1 Å². The molecule has 2 rings (SSSR count). The molecule has 0 fully saturated rings. The number of anilines is 1. The first kappa shape index (κ1) is 16.4. The number of nitrogens with one attached hydrogen (secondary N) is 1. The summed E-state index contributed by atoms with van der Waals surface area (Å²) in [6.07, 6.45) is 0. The number of hydrazone groups is 1. The molecule has 0 aromatic heterocycles. The molecule has 120 valence electrons. The Bertz CT molecular complexity index is 724. The van der Waals surface area contributed by atoms with Gasteiger partial charge >= 0.3 is 0 Å². The lowest BCUT2D eigenvalue weighted by Gasteiger charge is -2.09. The van der Waals surface area contributed by atoms with E-state index in [4.69, 9.17) is 15.2 Å². The van der Waals surface area contributed by atoms with E-state index in [2.05, 4.69) is 10.5 Å². The van der Waals surface area contributed by atoms with Crippen LogP contribution >= 0.6 is 0 Å². The number of nitrogen functional groups attached to an aromatic ring is 1. The highest BCUT2D eigenvalue weighted by Crippen LogP contribution is 2.24. The molecule has 6 nitrogen and oxygen atoms in total. The maximum Gasteiger partial charge on any atom is 0.275 e. The highest BCUT2D eigenvalue weighted by atomic mass is 16.5. The SMILES string of the molecule is COc1ccc(C(=O)NN=C(C)c2ccc(N)cc2)c(OC)c1. The number of amides is 1. The van der Waals surface area contributed by atoms with Crippen molar-refractivity contribution in [2.45, 2.75) is 6.92 Å². The number of carbonyl (C=O) groups is 1. The van der Waals surface area contributed by atoms with Crippen molar-refractivity contribution in [1.82, 2.24) is 5.43 Å². The van der Waals surface area contributed by atoms with Gasteiger partial charge in [-0.25, -0.2) is 5.43 Å². The fourth-order valence-corrected chi connectivity index (χ4v) is 1.97. The van der Waals surface area contributed by atoms with Crippen molar-refractivity contribution in [2.24, 2.45) is 5.10 Å². The van der Waals surface area contributed by atoms with Gasteiger partial charge in [0.15, 0.2) is 0 Å². The van der Waals surface area contributed by atoms with Crippen LogP contribution in [0.4, 0.5) is 5.69 Å². The molecule has 0 aliphatic heterocycles. The topological polar surface area (TPSA) is 85.9 Å². The Balaban J connectivity index is 2.15. The summed E-state index contributed by atoms with van der Waals surface area (Å²) in [6, 6.07) is 12.2. The Hall–Kier alpha value is -3.02. The third-order valence-electron chi connectivity index (χ3n) is 3.31. The Morgan fingerprint density at radius 1 is 1.09 bits per heavy atom. The third kappa shape index (κ3) is 4.00. The second kappa shape index (κ2) is 7.31. The third-order valence-corrected chi connectivity index (χ3v) is 3.31. The van der Waals surface area contributed by atoms with Gasteiger partial charge in [0.05, 0.1) is 25.5 Å². The predicted octanol–water partition coefficient (Wildman–Crippen LogP) is 2.44. The first-order chi connectivity index (χ1) is 11.0. The van der Waals surface area contributed by atoms with Gasteiger partial charge in [-0.3, -0.25) is 4.79 Å². The Morgan fingerprint density at radius 2 is 1.78 bits per heavy atom. The maximum atomic E-state index is 12.3. The predicted molar refractivity (Wildman–Crippen MR) is 90.1 cm³/mol. The minimum Gasteiger partial charge on any atom is -0.497 e. The summed E-state index contributed by atoms with van der Waals surface area (Å²) in [4.78, 5) is 12.3. The molecule has 3 N–H and O–H groups in total. The van der Waals surface area contributed by atoms with E-state index in [1.165, 1.54) is 7.11 Å². The van der Waals surface area contributed by atoms with E-state index in [9.17, 15) is 4.79 Å². The van der Waals surface area contributed by atoms with Crippen LogP contribution in [0, 0.1) is 0 Å². The quantitative estimate of drug-likeness (QED) is 0.504. The first-order valence-corrected chi connectivity index (χ1v) is 6.97. The summed E-state index contributed by atoms with van der Waals surface area (Å²) in [6.45, 7) is 1.80. The summed E-state index contributed by atoms with van der Waals surface area (Å²) >= 11 is 0. The molecule has 0 saturated carbocycles. The van der Waals surface area contributed by atoms with Gasteiger partial charge in [0.25, 0.3) is 5.91 Å². The van der Waals surface area contributed by atoms with Crippen molar-refractivity contribution in [3.63, 3.8) is 0 Å². The molecule has 0 aliphatic rings. The molecule has 0 aliphatic carbocycles. The van der Waals surface area contributed by atoms with Crippen LogP contribution in [0.1, 0.15) is 22.8 Å². The molecule has 6 heteroatoms. The molecule has 0 heterocycles. The van der Waals surface area contributed by atoms with Crippen molar-refractivity contribution < 1.29 is 14.3 Å². The Kier molecular flexibility index (Phi) is 5.19. The fourth-order valence-electron chi connectivity index (χ4n) is 1.97. The van der Waals surface area contributed by atoms with Crippen LogP contribution < -0.4 is 20.6 Å². The molecule has 2 aromatic rings. The van der Waals surface area contributed by atoms with Crippen LogP contribution in [0.15, 0.2) is 47.6 Å². The summed E-state index contributed by atoms with van der Waals surface area (Å²) in [5.41, 5.74) is 10.8. The van der Waals surface area contributed by atoms with Gasteiger partial charge in [0, 0.05) is 11.8 Å². The molecule has 0 spiro atoms. The zero-order valence-corrected chi connectivity index (χ0v) is 13.3. The number of rotatable bonds is 5. The number of nitrogens with two attached hydrogens (primary N) is 1. The normalized spacial score (nSPS) is 11.0. The highest BCUT2D eigenvalue weighted by Gasteiger charge is 2.13. The summed E-state index contributed by atoms with van der Waals surface area (Å²) < 4.78 is 10.3. The molecule has 0 saturated heterocycles. The lowest BCUT2D eigenvalue weighted by molar-refractivity contribution is 0.0951. The standard InChI is InChI=1S/C17H19N3O3/c1-11(12-4-6-13(18)7-5-12)19-20-17(21)15-9-8-14(22-2)10-16(15)23-3/h4-10H,18H2,1-3H3,(H,20,21). The van der Waals surface area contributed by atoms with E-state index in [1.54, 1.807) is 44.4 Å². The van der Waals surface area contributed by atoms with Crippen molar-refractivity contribution in [1.29, 1.82) is 0 Å². The van der Waals surface area contributed by atoms with Crippen LogP contribution in [0.3, 0.4) is 0 Å². The largest absolute Gasteiger partial charge is 0.497 e. The summed E-state index contributed by atoms with van der Waals surface area (Å²) in [5, 5.41) is 4.11. The van der Waals surface area contributed by atoms with Crippen LogP contribution in [0.2, 0.25) is 0 Å². The number of carbonyl (C=O) groups excluding carboxylic acids is 1. The van der Waals surface area contributed by atoms with Crippen LogP contribution in [0.5, 0.6) is 11.5 Å². The highest BCUT2D eigenvalue weighted by molar-refractivity contribution is 6.01. The van der Waals surface area contributed by atoms with E-state index in [0.29, 0.717) is 28.5 Å². The first-order valence-electron chi connectivity index (χ1n) is 6.97. The smallest absolute Gasteiger partial charge is 0.275 e. The number of benzene rings is 2. The number of ether oxygens (including phenoxy) is 2. The Morgan fingerprint density at radius 3 is 2.39 bits per heavy atom. The van der Waals surface area contributed by atoms with Gasteiger partial charge in [-0.15, -0.1) is 0 Å². The van der Waals surface area contributed by atoms with Crippen LogP contribution in [0.25, 0.3) is 0 Å². The fraction of sp³-hybridized carbons (Fsp3) is 0.176. The molecule has 2 aromatic carbocycles. The van der Waals surface area contributed by atoms with E-state index < -0.39 is 0 Å². The lowest BCUT2D eigenvalue weighted by atomic mass is 10.1. The van der Waals surface area contributed by atoms with Gasteiger partial charge in [-0.2, -0.15) is 5.10 Å². The van der Waals surface area contributed by atoms with Crippen molar-refractivity contribution in [3.8, 4) is 11.5 Å². The van der Waals surface area contributed by atoms with Crippen molar-refractivity contribution >= 4 is 17.3 Å². The lowest BCUT2D eigenvalue weighted by Crippen LogP contribution is -2.20. The number of nitrogens with zero attached hydrogens (tertiary/aromatic N) is 1. The molecule has 1 amide bonds. The van der Waals surface area contributed by atoms with Gasteiger partial charge in [-0.05, 0) is 36.8 Å². The minimum absolute atomic E-state index is 0.362. The molecule has 0 unspecified atom stereocenters. The average molecular weight is 313 g/mol. The number of methoxy groups -OCH3 is 2. The second-order valence-corrected chi connectivity index (χ2v) is 4.83. The van der Waals surface area contributed by atoms with Gasteiger partial charge in [0.1, 0.15) is 11.5 Å². The van der Waals surface area contributed by atoms with Crippen LogP contribution in [-0.4, -0.2) is 25.8 Å². The molecule has 0 bridgehead atoms. The van der Waals surface area contributed by atoms with E-state index in [1.807, 2.05) is 12.1 Å². The molecule has 23 heavy (non-hydrogen) atoms. The maximum absolute atomic E-state index is 12.3. The Labute approximate surface area is 134 Å².